The van der Waals surface area contributed by atoms with Gasteiger partial charge < -0.3 is 25.0 Å². The number of piperidine rings is 1. The number of carbonyl (C=O) groups excluding carboxylic acids is 1. The number of carbonyl (C=O) groups is 1. The average Bonchev–Trinajstić information content (AvgIpc) is 2.91. The molecule has 0 saturated carbocycles. The van der Waals surface area contributed by atoms with E-state index in [0.29, 0.717) is 25.7 Å². The monoisotopic (exact) mass is 372 g/mol. The normalized spacial score (nSPS) is 17.8. The Morgan fingerprint density at radius 1 is 1.30 bits per heavy atom. The summed E-state index contributed by atoms with van der Waals surface area (Å²) in [6.07, 6.45) is 4.44. The van der Waals surface area contributed by atoms with Gasteiger partial charge in [-0.15, -0.1) is 6.58 Å². The number of ether oxygens (including phenoxy) is 2. The fourth-order valence-corrected chi connectivity index (χ4v) is 3.19. The standard InChI is InChI=1S/C20H28N4O3/c1-3-9-21-20(22-16-7-10-24(11-8-16)15(2)25)23-17-5-6-18-19(14-17)27-13-4-12-26-18/h3,5-6,14,16H,1,4,7-13H2,2H3,(H2,21,22,23). The predicted octanol–water partition coefficient (Wildman–Crippen LogP) is 2.40. The van der Waals surface area contributed by atoms with Crippen molar-refractivity contribution in [2.24, 2.45) is 4.99 Å². The Balaban J connectivity index is 1.64. The van der Waals surface area contributed by atoms with Gasteiger partial charge in [0.25, 0.3) is 0 Å². The number of anilines is 1. The number of benzene rings is 1. The molecule has 0 atom stereocenters. The molecule has 0 spiro atoms. The number of nitrogens with one attached hydrogen (secondary N) is 2. The van der Waals surface area contributed by atoms with Gasteiger partial charge in [-0.3, -0.25) is 4.79 Å². The van der Waals surface area contributed by atoms with Crippen LogP contribution in [0.2, 0.25) is 0 Å². The number of amides is 1. The second-order valence-electron chi connectivity index (χ2n) is 6.74. The minimum absolute atomic E-state index is 0.138. The van der Waals surface area contributed by atoms with Gasteiger partial charge in [-0.1, -0.05) is 6.08 Å². The Morgan fingerprint density at radius 2 is 2.04 bits per heavy atom. The van der Waals surface area contributed by atoms with Crippen molar-refractivity contribution in [3.63, 3.8) is 0 Å². The van der Waals surface area contributed by atoms with E-state index in [9.17, 15) is 4.79 Å². The summed E-state index contributed by atoms with van der Waals surface area (Å²) in [7, 11) is 0. The molecule has 0 radical (unpaired) electrons. The molecule has 0 unspecified atom stereocenters. The Hall–Kier alpha value is -2.70. The Bertz CT molecular complexity index is 696. The third-order valence-corrected chi connectivity index (χ3v) is 4.67. The number of hydrogen-bond acceptors (Lipinski definition) is 4. The molecule has 2 heterocycles. The predicted molar refractivity (Wildman–Crippen MR) is 107 cm³/mol. The fourth-order valence-electron chi connectivity index (χ4n) is 3.19. The highest BCUT2D eigenvalue weighted by Gasteiger charge is 2.21. The zero-order chi connectivity index (χ0) is 19.1. The molecule has 2 aliphatic rings. The smallest absolute Gasteiger partial charge is 0.219 e. The van der Waals surface area contributed by atoms with Crippen LogP contribution in [0.4, 0.5) is 5.69 Å². The van der Waals surface area contributed by atoms with E-state index < -0.39 is 0 Å². The molecule has 1 saturated heterocycles. The van der Waals surface area contributed by atoms with Gasteiger partial charge in [0.1, 0.15) is 0 Å². The molecule has 3 rings (SSSR count). The van der Waals surface area contributed by atoms with Crippen LogP contribution in [0.5, 0.6) is 11.5 Å². The minimum Gasteiger partial charge on any atom is -0.490 e. The summed E-state index contributed by atoms with van der Waals surface area (Å²) in [5.74, 6) is 2.35. The minimum atomic E-state index is 0.138. The van der Waals surface area contributed by atoms with Gasteiger partial charge in [0.05, 0.1) is 19.8 Å². The maximum Gasteiger partial charge on any atom is 0.219 e. The van der Waals surface area contributed by atoms with Gasteiger partial charge in [0.15, 0.2) is 17.5 Å². The lowest BCUT2D eigenvalue weighted by Gasteiger charge is -2.32. The molecule has 27 heavy (non-hydrogen) atoms. The van der Waals surface area contributed by atoms with E-state index in [1.165, 1.54) is 0 Å². The first-order valence-corrected chi connectivity index (χ1v) is 9.50. The van der Waals surface area contributed by atoms with Crippen LogP contribution in [0.25, 0.3) is 0 Å². The second-order valence-corrected chi connectivity index (χ2v) is 6.74. The summed E-state index contributed by atoms with van der Waals surface area (Å²) in [4.78, 5) is 17.9. The van der Waals surface area contributed by atoms with Crippen molar-refractivity contribution >= 4 is 17.6 Å². The Morgan fingerprint density at radius 3 is 2.74 bits per heavy atom. The number of nitrogens with zero attached hydrogens (tertiary/aromatic N) is 2. The first-order valence-electron chi connectivity index (χ1n) is 9.50. The van der Waals surface area contributed by atoms with E-state index >= 15 is 0 Å². The summed E-state index contributed by atoms with van der Waals surface area (Å²) in [5, 5.41) is 6.81. The summed E-state index contributed by atoms with van der Waals surface area (Å²) >= 11 is 0. The number of aliphatic imine (C=N–C) groups is 1. The molecule has 1 fully saturated rings. The summed E-state index contributed by atoms with van der Waals surface area (Å²) < 4.78 is 11.4. The number of hydrogen-bond donors (Lipinski definition) is 2. The molecule has 2 aliphatic heterocycles. The summed E-state index contributed by atoms with van der Waals surface area (Å²) in [5.41, 5.74) is 0.885. The van der Waals surface area contributed by atoms with Gasteiger partial charge in [-0.05, 0) is 25.0 Å². The van der Waals surface area contributed by atoms with E-state index in [0.717, 1.165) is 49.5 Å². The molecular weight excluding hydrogens is 344 g/mol. The van der Waals surface area contributed by atoms with Gasteiger partial charge in [-0.2, -0.15) is 0 Å². The quantitative estimate of drug-likeness (QED) is 0.482. The molecular formula is C20H28N4O3. The van der Waals surface area contributed by atoms with Crippen LogP contribution >= 0.6 is 0 Å². The number of guanidine groups is 1. The largest absolute Gasteiger partial charge is 0.490 e. The molecule has 1 aromatic carbocycles. The first kappa shape index (κ1) is 19.1. The molecule has 1 aromatic rings. The van der Waals surface area contributed by atoms with Gasteiger partial charge in [-0.25, -0.2) is 4.99 Å². The molecule has 7 heteroatoms. The third kappa shape index (κ3) is 5.39. The molecule has 0 bridgehead atoms. The van der Waals surface area contributed by atoms with Gasteiger partial charge in [0.2, 0.25) is 5.91 Å². The first-order chi connectivity index (χ1) is 13.2. The molecule has 7 nitrogen and oxygen atoms in total. The van der Waals surface area contributed by atoms with Crippen molar-refractivity contribution in [1.82, 2.24) is 10.2 Å². The molecule has 2 N–H and O–H groups in total. The lowest BCUT2D eigenvalue weighted by molar-refractivity contribution is -0.129. The summed E-state index contributed by atoms with van der Waals surface area (Å²) in [6.45, 7) is 8.75. The van der Waals surface area contributed by atoms with Crippen molar-refractivity contribution in [2.75, 3.05) is 38.2 Å². The Labute approximate surface area is 160 Å². The van der Waals surface area contributed by atoms with E-state index in [2.05, 4.69) is 22.2 Å². The maximum atomic E-state index is 11.5. The lowest BCUT2D eigenvalue weighted by Crippen LogP contribution is -2.47. The van der Waals surface area contributed by atoms with Crippen LogP contribution in [-0.2, 0) is 4.79 Å². The molecule has 1 amide bonds. The number of rotatable bonds is 4. The van der Waals surface area contributed by atoms with Crippen LogP contribution in [0.1, 0.15) is 26.2 Å². The van der Waals surface area contributed by atoms with Crippen molar-refractivity contribution in [3.8, 4) is 11.5 Å². The zero-order valence-corrected chi connectivity index (χ0v) is 15.9. The zero-order valence-electron chi connectivity index (χ0n) is 15.9. The highest BCUT2D eigenvalue weighted by atomic mass is 16.5. The van der Waals surface area contributed by atoms with Crippen molar-refractivity contribution in [2.45, 2.75) is 32.2 Å². The van der Waals surface area contributed by atoms with Crippen molar-refractivity contribution in [3.05, 3.63) is 30.9 Å². The second kappa shape index (κ2) is 9.30. The lowest BCUT2D eigenvalue weighted by atomic mass is 10.1. The number of likely N-dealkylation sites (tertiary alicyclic amines) is 1. The topological polar surface area (TPSA) is 75.2 Å². The molecule has 146 valence electrons. The SMILES string of the molecule is C=CCN=C(Nc1ccc2c(c1)OCCCO2)NC1CCN(C(C)=O)CC1. The van der Waals surface area contributed by atoms with Crippen LogP contribution in [0, 0.1) is 0 Å². The molecule has 0 aliphatic carbocycles. The van der Waals surface area contributed by atoms with Crippen LogP contribution in [0.15, 0.2) is 35.8 Å². The summed E-state index contributed by atoms with van der Waals surface area (Å²) in [6, 6.07) is 6.08. The fraction of sp³-hybridized carbons (Fsp3) is 0.500. The number of fused-ring (bicyclic) bond motifs is 1. The molecule has 0 aromatic heterocycles. The Kier molecular flexibility index (Phi) is 6.57. The van der Waals surface area contributed by atoms with Crippen molar-refractivity contribution in [1.29, 1.82) is 0 Å². The van der Waals surface area contributed by atoms with E-state index in [1.54, 1.807) is 13.0 Å². The average molecular weight is 372 g/mol. The van der Waals surface area contributed by atoms with E-state index in [4.69, 9.17) is 9.47 Å². The van der Waals surface area contributed by atoms with Gasteiger partial charge >= 0.3 is 0 Å². The van der Waals surface area contributed by atoms with Crippen molar-refractivity contribution < 1.29 is 14.3 Å². The van der Waals surface area contributed by atoms with E-state index in [-0.39, 0.29) is 11.9 Å². The van der Waals surface area contributed by atoms with Crippen LogP contribution in [0.3, 0.4) is 0 Å². The van der Waals surface area contributed by atoms with Gasteiger partial charge in [0, 0.05) is 44.2 Å². The highest BCUT2D eigenvalue weighted by molar-refractivity contribution is 5.94. The third-order valence-electron chi connectivity index (χ3n) is 4.67. The van der Waals surface area contributed by atoms with Crippen LogP contribution in [-0.4, -0.2) is 55.7 Å². The highest BCUT2D eigenvalue weighted by Crippen LogP contribution is 2.32. The maximum absolute atomic E-state index is 11.5. The van der Waals surface area contributed by atoms with Crippen LogP contribution < -0.4 is 20.1 Å². The van der Waals surface area contributed by atoms with E-state index in [1.807, 2.05) is 23.1 Å².